The summed E-state index contributed by atoms with van der Waals surface area (Å²) < 4.78 is 1.83. The highest BCUT2D eigenvalue weighted by Crippen LogP contribution is 2.25. The first-order chi connectivity index (χ1) is 12.7. The predicted molar refractivity (Wildman–Crippen MR) is 102 cm³/mol. The van der Waals surface area contributed by atoms with Crippen LogP contribution >= 0.6 is 0 Å². The zero-order valence-electron chi connectivity index (χ0n) is 14.2. The molecule has 1 amide bonds. The normalized spacial score (nSPS) is 10.7. The van der Waals surface area contributed by atoms with Crippen LogP contribution in [-0.4, -0.2) is 20.5 Å². The zero-order valence-corrected chi connectivity index (χ0v) is 14.2. The topological polar surface area (TPSA) is 71.3 Å². The van der Waals surface area contributed by atoms with Crippen LogP contribution in [-0.2, 0) is 4.79 Å². The Morgan fingerprint density at radius 2 is 1.77 bits per heavy atom. The first-order valence-corrected chi connectivity index (χ1v) is 8.23. The molecule has 4 rings (SSSR count). The lowest BCUT2D eigenvalue weighted by Crippen LogP contribution is -2.05. The van der Waals surface area contributed by atoms with Gasteiger partial charge in [0.1, 0.15) is 5.82 Å². The maximum absolute atomic E-state index is 11.1. The molecule has 0 fully saturated rings. The lowest BCUT2D eigenvalue weighted by Gasteiger charge is -2.08. The van der Waals surface area contributed by atoms with E-state index in [9.17, 15) is 4.79 Å². The van der Waals surface area contributed by atoms with E-state index >= 15 is 0 Å². The van der Waals surface area contributed by atoms with Gasteiger partial charge in [0.25, 0.3) is 0 Å². The molecule has 0 aliphatic carbocycles. The Morgan fingerprint density at radius 1 is 0.962 bits per heavy atom. The summed E-state index contributed by atoms with van der Waals surface area (Å²) >= 11 is 0. The average molecular weight is 343 g/mol. The number of fused-ring (bicyclic) bond motifs is 1. The number of carbonyl (C=O) groups excluding carboxylic acids is 1. The molecule has 0 saturated heterocycles. The van der Waals surface area contributed by atoms with E-state index in [0.717, 1.165) is 34.0 Å². The van der Waals surface area contributed by atoms with Gasteiger partial charge in [-0.3, -0.25) is 4.79 Å². The molecule has 1 aromatic carbocycles. The SMILES string of the molecule is CC(=O)Nc1ccc(Nc2cccc(-c3cnn4ccccc34)n2)cc1. The van der Waals surface area contributed by atoms with Gasteiger partial charge in [0, 0.05) is 30.1 Å². The number of amides is 1. The third kappa shape index (κ3) is 3.25. The van der Waals surface area contributed by atoms with E-state index in [2.05, 4.69) is 15.7 Å². The summed E-state index contributed by atoms with van der Waals surface area (Å²) in [6.45, 7) is 1.49. The number of anilines is 3. The van der Waals surface area contributed by atoms with Crippen molar-refractivity contribution in [3.8, 4) is 11.3 Å². The smallest absolute Gasteiger partial charge is 0.221 e. The first kappa shape index (κ1) is 15.8. The molecule has 0 saturated carbocycles. The van der Waals surface area contributed by atoms with Gasteiger partial charge in [0.2, 0.25) is 5.91 Å². The van der Waals surface area contributed by atoms with Gasteiger partial charge in [0.15, 0.2) is 0 Å². The minimum Gasteiger partial charge on any atom is -0.340 e. The summed E-state index contributed by atoms with van der Waals surface area (Å²) in [7, 11) is 0. The van der Waals surface area contributed by atoms with Gasteiger partial charge in [0.05, 0.1) is 17.4 Å². The van der Waals surface area contributed by atoms with E-state index < -0.39 is 0 Å². The molecule has 2 N–H and O–H groups in total. The van der Waals surface area contributed by atoms with Crippen LogP contribution in [0.25, 0.3) is 16.8 Å². The highest BCUT2D eigenvalue weighted by Gasteiger charge is 2.08. The van der Waals surface area contributed by atoms with Crippen LogP contribution in [0.15, 0.2) is 73.1 Å². The summed E-state index contributed by atoms with van der Waals surface area (Å²) in [4.78, 5) is 15.8. The monoisotopic (exact) mass is 343 g/mol. The maximum atomic E-state index is 11.1. The van der Waals surface area contributed by atoms with E-state index in [1.165, 1.54) is 6.92 Å². The number of hydrogen-bond acceptors (Lipinski definition) is 4. The largest absolute Gasteiger partial charge is 0.340 e. The molecule has 0 aliphatic heterocycles. The predicted octanol–water partition coefficient (Wildman–Crippen LogP) is 4.10. The van der Waals surface area contributed by atoms with Crippen molar-refractivity contribution in [1.29, 1.82) is 0 Å². The molecular weight excluding hydrogens is 326 g/mol. The van der Waals surface area contributed by atoms with Crippen molar-refractivity contribution >= 4 is 28.6 Å². The van der Waals surface area contributed by atoms with E-state index in [1.54, 1.807) is 0 Å². The lowest BCUT2D eigenvalue weighted by molar-refractivity contribution is -0.114. The number of nitrogens with zero attached hydrogens (tertiary/aromatic N) is 3. The van der Waals surface area contributed by atoms with Crippen molar-refractivity contribution in [3.63, 3.8) is 0 Å². The molecule has 3 heterocycles. The number of aromatic nitrogens is 3. The number of rotatable bonds is 4. The van der Waals surface area contributed by atoms with E-state index in [1.807, 2.05) is 77.6 Å². The van der Waals surface area contributed by atoms with Crippen molar-refractivity contribution in [3.05, 3.63) is 73.1 Å². The second-order valence-corrected chi connectivity index (χ2v) is 5.88. The number of carbonyl (C=O) groups is 1. The van der Waals surface area contributed by atoms with Crippen molar-refractivity contribution in [2.24, 2.45) is 0 Å². The quantitative estimate of drug-likeness (QED) is 0.585. The third-order valence-electron chi connectivity index (χ3n) is 3.93. The van der Waals surface area contributed by atoms with Gasteiger partial charge >= 0.3 is 0 Å². The first-order valence-electron chi connectivity index (χ1n) is 8.23. The van der Waals surface area contributed by atoms with Crippen LogP contribution in [0.3, 0.4) is 0 Å². The van der Waals surface area contributed by atoms with E-state index in [-0.39, 0.29) is 5.91 Å². The molecule has 0 aliphatic rings. The van der Waals surface area contributed by atoms with E-state index in [4.69, 9.17) is 4.98 Å². The second kappa shape index (κ2) is 6.68. The van der Waals surface area contributed by atoms with Gasteiger partial charge in [-0.1, -0.05) is 12.1 Å². The molecule has 0 atom stereocenters. The minimum atomic E-state index is -0.0894. The second-order valence-electron chi connectivity index (χ2n) is 5.88. The zero-order chi connectivity index (χ0) is 17.9. The fraction of sp³-hybridized carbons (Fsp3) is 0.0500. The molecule has 4 aromatic rings. The van der Waals surface area contributed by atoms with Crippen LogP contribution < -0.4 is 10.6 Å². The average Bonchev–Trinajstić information content (AvgIpc) is 3.07. The molecule has 3 aromatic heterocycles. The number of nitrogens with one attached hydrogen (secondary N) is 2. The van der Waals surface area contributed by atoms with Crippen molar-refractivity contribution in [2.45, 2.75) is 6.92 Å². The highest BCUT2D eigenvalue weighted by atomic mass is 16.1. The van der Waals surface area contributed by atoms with Gasteiger partial charge in [-0.25, -0.2) is 9.50 Å². The van der Waals surface area contributed by atoms with Crippen LogP contribution in [0.5, 0.6) is 0 Å². The Morgan fingerprint density at radius 3 is 2.58 bits per heavy atom. The fourth-order valence-corrected chi connectivity index (χ4v) is 2.77. The Labute approximate surface area is 150 Å². The number of benzene rings is 1. The van der Waals surface area contributed by atoms with Crippen molar-refractivity contribution in [2.75, 3.05) is 10.6 Å². The van der Waals surface area contributed by atoms with Crippen molar-refractivity contribution in [1.82, 2.24) is 14.6 Å². The van der Waals surface area contributed by atoms with Crippen LogP contribution in [0, 0.1) is 0 Å². The standard InChI is InChI=1S/C20H17N5O/c1-14(26)22-15-8-10-16(11-9-15)23-20-7-4-5-18(24-20)17-13-21-25-12-3-2-6-19(17)25/h2-13H,1H3,(H,22,26)(H,23,24). The molecular formula is C20H17N5O. The summed E-state index contributed by atoms with van der Waals surface area (Å²) in [5.41, 5.74) is 4.50. The maximum Gasteiger partial charge on any atom is 0.221 e. The third-order valence-corrected chi connectivity index (χ3v) is 3.93. The summed E-state index contributed by atoms with van der Waals surface area (Å²) in [6, 6.07) is 19.3. The van der Waals surface area contributed by atoms with Crippen LogP contribution in [0.2, 0.25) is 0 Å². The molecule has 0 bridgehead atoms. The molecule has 0 spiro atoms. The summed E-state index contributed by atoms with van der Waals surface area (Å²) in [6.07, 6.45) is 3.74. The van der Waals surface area contributed by atoms with Crippen LogP contribution in [0.4, 0.5) is 17.2 Å². The van der Waals surface area contributed by atoms with Gasteiger partial charge in [-0.15, -0.1) is 0 Å². The molecule has 6 nitrogen and oxygen atoms in total. The van der Waals surface area contributed by atoms with E-state index in [0.29, 0.717) is 0 Å². The van der Waals surface area contributed by atoms with Gasteiger partial charge in [-0.05, 0) is 48.5 Å². The Kier molecular flexibility index (Phi) is 4.07. The number of pyridine rings is 2. The fourth-order valence-electron chi connectivity index (χ4n) is 2.77. The summed E-state index contributed by atoms with van der Waals surface area (Å²) in [5.74, 6) is 0.651. The van der Waals surface area contributed by atoms with Crippen molar-refractivity contribution < 1.29 is 4.79 Å². The highest BCUT2D eigenvalue weighted by molar-refractivity contribution is 5.88. The van der Waals surface area contributed by atoms with Crippen LogP contribution in [0.1, 0.15) is 6.92 Å². The van der Waals surface area contributed by atoms with Gasteiger partial charge < -0.3 is 10.6 Å². The Bertz CT molecular complexity index is 1070. The summed E-state index contributed by atoms with van der Waals surface area (Å²) in [5, 5.41) is 10.4. The molecule has 6 heteroatoms. The molecule has 0 unspecified atom stereocenters. The minimum absolute atomic E-state index is 0.0894. The lowest BCUT2D eigenvalue weighted by atomic mass is 10.2. The molecule has 0 radical (unpaired) electrons. The molecule has 128 valence electrons. The Hall–Kier alpha value is -3.67. The van der Waals surface area contributed by atoms with Gasteiger partial charge in [-0.2, -0.15) is 5.10 Å². The number of hydrogen-bond donors (Lipinski definition) is 2. The molecule has 26 heavy (non-hydrogen) atoms. The Balaban J connectivity index is 1.59.